The molecule has 1 heterocycles. The number of rotatable bonds is 3. The lowest BCUT2D eigenvalue weighted by Gasteiger charge is -1.96. The van der Waals surface area contributed by atoms with Crippen molar-refractivity contribution in [1.29, 1.82) is 0 Å². The summed E-state index contributed by atoms with van der Waals surface area (Å²) >= 11 is 7.30. The zero-order valence-electron chi connectivity index (χ0n) is 8.42. The first-order valence-electron chi connectivity index (χ1n) is 4.94. The molecule has 2 rings (SSSR count). The Hall–Kier alpha value is -0.860. The SMILES string of the molecule is CCCc1sc2ccccc2c1C(=O)Cl. The summed E-state index contributed by atoms with van der Waals surface area (Å²) in [6.07, 6.45) is 1.96. The topological polar surface area (TPSA) is 17.1 Å². The molecule has 3 heteroatoms. The Morgan fingerprint density at radius 1 is 1.40 bits per heavy atom. The summed E-state index contributed by atoms with van der Waals surface area (Å²) in [4.78, 5) is 12.5. The van der Waals surface area contributed by atoms with E-state index in [1.165, 1.54) is 0 Å². The van der Waals surface area contributed by atoms with Crippen molar-refractivity contribution in [2.45, 2.75) is 19.8 Å². The van der Waals surface area contributed by atoms with Crippen molar-refractivity contribution in [3.8, 4) is 0 Å². The van der Waals surface area contributed by atoms with Crippen molar-refractivity contribution in [2.75, 3.05) is 0 Å². The lowest BCUT2D eigenvalue weighted by atomic mass is 10.1. The van der Waals surface area contributed by atoms with Crippen LogP contribution in [0.1, 0.15) is 28.6 Å². The Balaban J connectivity index is 2.69. The van der Waals surface area contributed by atoms with Gasteiger partial charge in [0.1, 0.15) is 0 Å². The van der Waals surface area contributed by atoms with Gasteiger partial charge in [-0.25, -0.2) is 0 Å². The maximum atomic E-state index is 11.4. The quantitative estimate of drug-likeness (QED) is 0.732. The van der Waals surface area contributed by atoms with Crippen LogP contribution in [0.15, 0.2) is 24.3 Å². The van der Waals surface area contributed by atoms with Gasteiger partial charge in [0, 0.05) is 15.0 Å². The van der Waals surface area contributed by atoms with Crippen LogP contribution in [0, 0.1) is 0 Å². The van der Waals surface area contributed by atoms with E-state index in [9.17, 15) is 4.79 Å². The third kappa shape index (κ3) is 1.92. The molecule has 1 nitrogen and oxygen atoms in total. The van der Waals surface area contributed by atoms with E-state index in [0.717, 1.165) is 27.8 Å². The molecule has 78 valence electrons. The molecule has 0 bridgehead atoms. The number of hydrogen-bond donors (Lipinski definition) is 0. The van der Waals surface area contributed by atoms with Gasteiger partial charge in [-0.1, -0.05) is 31.5 Å². The van der Waals surface area contributed by atoms with E-state index in [1.54, 1.807) is 11.3 Å². The summed E-state index contributed by atoms with van der Waals surface area (Å²) in [5.74, 6) is 0. The summed E-state index contributed by atoms with van der Waals surface area (Å²) in [6.45, 7) is 2.10. The molecule has 1 aromatic carbocycles. The van der Waals surface area contributed by atoms with Gasteiger partial charge in [-0.3, -0.25) is 4.79 Å². The lowest BCUT2D eigenvalue weighted by molar-refractivity contribution is 0.108. The zero-order valence-corrected chi connectivity index (χ0v) is 9.99. The molecule has 0 unspecified atom stereocenters. The zero-order chi connectivity index (χ0) is 10.8. The summed E-state index contributed by atoms with van der Waals surface area (Å²) in [5.41, 5.74) is 0.708. The highest BCUT2D eigenvalue weighted by Crippen LogP contribution is 2.33. The minimum Gasteiger partial charge on any atom is -0.276 e. The van der Waals surface area contributed by atoms with E-state index in [4.69, 9.17) is 11.6 Å². The second kappa shape index (κ2) is 4.33. The molecule has 0 radical (unpaired) electrons. The van der Waals surface area contributed by atoms with Gasteiger partial charge < -0.3 is 0 Å². The summed E-state index contributed by atoms with van der Waals surface area (Å²) in [6, 6.07) is 7.91. The summed E-state index contributed by atoms with van der Waals surface area (Å²) in [5, 5.41) is 0.654. The molecule has 2 aromatic rings. The highest BCUT2D eigenvalue weighted by atomic mass is 35.5. The molecule has 0 saturated heterocycles. The fourth-order valence-electron chi connectivity index (χ4n) is 1.71. The lowest BCUT2D eigenvalue weighted by Crippen LogP contribution is -1.92. The van der Waals surface area contributed by atoms with Crippen molar-refractivity contribution in [2.24, 2.45) is 0 Å². The Kier molecular flexibility index (Phi) is 3.08. The molecule has 0 aliphatic rings. The predicted octanol–water partition coefficient (Wildman–Crippen LogP) is 4.23. The fraction of sp³-hybridized carbons (Fsp3) is 0.250. The van der Waals surface area contributed by atoms with Crippen LogP contribution in [-0.4, -0.2) is 5.24 Å². The molecule has 15 heavy (non-hydrogen) atoms. The van der Waals surface area contributed by atoms with Gasteiger partial charge in [-0.2, -0.15) is 0 Å². The Morgan fingerprint density at radius 3 is 2.80 bits per heavy atom. The van der Waals surface area contributed by atoms with Crippen LogP contribution < -0.4 is 0 Å². The molecule has 1 aromatic heterocycles. The van der Waals surface area contributed by atoms with Crippen molar-refractivity contribution in [1.82, 2.24) is 0 Å². The van der Waals surface area contributed by atoms with Crippen molar-refractivity contribution >= 4 is 38.3 Å². The number of fused-ring (bicyclic) bond motifs is 1. The number of benzene rings is 1. The number of hydrogen-bond acceptors (Lipinski definition) is 2. The van der Waals surface area contributed by atoms with Gasteiger partial charge in [0.2, 0.25) is 0 Å². The van der Waals surface area contributed by atoms with E-state index in [-0.39, 0.29) is 5.24 Å². The summed E-state index contributed by atoms with van der Waals surface area (Å²) in [7, 11) is 0. The molecular weight excluding hydrogens is 228 g/mol. The van der Waals surface area contributed by atoms with Crippen LogP contribution in [0.2, 0.25) is 0 Å². The van der Waals surface area contributed by atoms with E-state index >= 15 is 0 Å². The average molecular weight is 239 g/mol. The van der Waals surface area contributed by atoms with Crippen LogP contribution in [0.4, 0.5) is 0 Å². The van der Waals surface area contributed by atoms with E-state index < -0.39 is 0 Å². The first-order chi connectivity index (χ1) is 7.24. The molecule has 0 N–H and O–H groups in total. The smallest absolute Gasteiger partial charge is 0.254 e. The fourth-order valence-corrected chi connectivity index (χ4v) is 3.29. The van der Waals surface area contributed by atoms with Crippen LogP contribution in [-0.2, 0) is 6.42 Å². The number of carbonyl (C=O) groups is 1. The van der Waals surface area contributed by atoms with Crippen molar-refractivity contribution < 1.29 is 4.79 Å². The monoisotopic (exact) mass is 238 g/mol. The average Bonchev–Trinajstić information content (AvgIpc) is 2.56. The first kappa shape index (κ1) is 10.7. The standard InChI is InChI=1S/C12H11ClOS/c1-2-5-10-11(12(13)14)8-6-3-4-7-9(8)15-10/h3-4,6-7H,2,5H2,1H3. The Labute approximate surface area is 97.7 Å². The van der Waals surface area contributed by atoms with E-state index in [1.807, 2.05) is 24.3 Å². The third-order valence-electron chi connectivity index (χ3n) is 2.34. The molecule has 0 aliphatic heterocycles. The van der Waals surface area contributed by atoms with Gasteiger partial charge in [0.05, 0.1) is 5.56 Å². The minimum atomic E-state index is -0.337. The molecule has 0 spiro atoms. The van der Waals surface area contributed by atoms with Crippen LogP contribution in [0.5, 0.6) is 0 Å². The second-order valence-corrected chi connectivity index (χ2v) is 4.90. The highest BCUT2D eigenvalue weighted by Gasteiger charge is 2.15. The Morgan fingerprint density at radius 2 is 2.13 bits per heavy atom. The number of thiophene rings is 1. The van der Waals surface area contributed by atoms with Gasteiger partial charge in [0.25, 0.3) is 5.24 Å². The van der Waals surface area contributed by atoms with Gasteiger partial charge >= 0.3 is 0 Å². The number of aryl methyl sites for hydroxylation is 1. The minimum absolute atomic E-state index is 0.337. The van der Waals surface area contributed by atoms with E-state index in [2.05, 4.69) is 6.92 Å². The highest BCUT2D eigenvalue weighted by molar-refractivity contribution is 7.19. The predicted molar refractivity (Wildman–Crippen MR) is 66.0 cm³/mol. The van der Waals surface area contributed by atoms with Crippen LogP contribution in [0.25, 0.3) is 10.1 Å². The molecule has 0 amide bonds. The van der Waals surface area contributed by atoms with Gasteiger partial charge in [0.15, 0.2) is 0 Å². The maximum Gasteiger partial charge on any atom is 0.254 e. The van der Waals surface area contributed by atoms with Crippen LogP contribution >= 0.6 is 22.9 Å². The third-order valence-corrected chi connectivity index (χ3v) is 3.76. The number of halogens is 1. The largest absolute Gasteiger partial charge is 0.276 e. The molecule has 0 atom stereocenters. The molecule has 0 fully saturated rings. The number of carbonyl (C=O) groups excluding carboxylic acids is 1. The van der Waals surface area contributed by atoms with Gasteiger partial charge in [-0.05, 0) is 24.1 Å². The molecule has 0 saturated carbocycles. The molecule has 0 aliphatic carbocycles. The second-order valence-electron chi connectivity index (χ2n) is 3.42. The first-order valence-corrected chi connectivity index (χ1v) is 6.13. The van der Waals surface area contributed by atoms with Crippen molar-refractivity contribution in [3.63, 3.8) is 0 Å². The van der Waals surface area contributed by atoms with Crippen molar-refractivity contribution in [3.05, 3.63) is 34.7 Å². The molecular formula is C12H11ClOS. The Bertz CT molecular complexity index is 501. The van der Waals surface area contributed by atoms with Gasteiger partial charge in [-0.15, -0.1) is 11.3 Å². The van der Waals surface area contributed by atoms with Crippen LogP contribution in [0.3, 0.4) is 0 Å². The van der Waals surface area contributed by atoms with E-state index in [0.29, 0.717) is 5.56 Å². The summed E-state index contributed by atoms with van der Waals surface area (Å²) < 4.78 is 1.14. The normalized spacial score (nSPS) is 10.8. The maximum absolute atomic E-state index is 11.4.